The fraction of sp³-hybridized carbons (Fsp3) is 0.211. The van der Waals surface area contributed by atoms with Crippen LogP contribution in [0.3, 0.4) is 0 Å². The van der Waals surface area contributed by atoms with E-state index in [2.05, 4.69) is 27.0 Å². The molecule has 0 saturated carbocycles. The zero-order valence-corrected chi connectivity index (χ0v) is 18.6. The van der Waals surface area contributed by atoms with E-state index < -0.39 is 0 Å². The molecule has 127 valence electrons. The summed E-state index contributed by atoms with van der Waals surface area (Å²) in [7, 11) is 0. The second kappa shape index (κ2) is 9.28. The van der Waals surface area contributed by atoms with E-state index in [0.29, 0.717) is 16.5 Å². The Labute approximate surface area is 166 Å². The molecule has 1 aliphatic rings. The fourth-order valence-electron chi connectivity index (χ4n) is 2.38. The van der Waals surface area contributed by atoms with Crippen molar-refractivity contribution >= 4 is 32.1 Å². The molecular weight excluding hydrogens is 523 g/mol. The van der Waals surface area contributed by atoms with Crippen LogP contribution in [0.25, 0.3) is 17.7 Å². The molecule has 0 amide bonds. The first kappa shape index (κ1) is 19.8. The maximum absolute atomic E-state index is 12.4. The van der Waals surface area contributed by atoms with Crippen LogP contribution in [0.4, 0.5) is 0 Å². The minimum atomic E-state index is -0.389. The van der Waals surface area contributed by atoms with E-state index in [4.69, 9.17) is 4.42 Å². The van der Waals surface area contributed by atoms with E-state index in [-0.39, 0.29) is 11.7 Å². The van der Waals surface area contributed by atoms with Crippen molar-refractivity contribution < 1.29 is 40.7 Å². The molecule has 1 unspecified atom stereocenters. The van der Waals surface area contributed by atoms with Gasteiger partial charge in [-0.25, -0.2) is 0 Å². The molecule has 1 aromatic rings. The van der Waals surface area contributed by atoms with Gasteiger partial charge in [0.2, 0.25) is 0 Å². The predicted octanol–water partition coefficient (Wildman–Crippen LogP) is 1.04. The van der Waals surface area contributed by atoms with Crippen LogP contribution in [-0.4, -0.2) is 25.4 Å². The normalized spacial score (nSPS) is 18.9. The van der Waals surface area contributed by atoms with Crippen molar-refractivity contribution in [3.8, 4) is 0 Å². The molecule has 6 heteroatoms. The molecule has 0 N–H and O–H groups in total. The molecule has 4 nitrogen and oxygen atoms in total. The number of nitrogens with zero attached hydrogens (tertiary/aromatic N) is 2. The van der Waals surface area contributed by atoms with E-state index in [9.17, 15) is 4.79 Å². The number of hydrogen-bond donors (Lipinski definition) is 0. The number of rotatable bonds is 5. The zero-order chi connectivity index (χ0) is 18.4. The molecule has 1 aromatic heterocycles. The van der Waals surface area contributed by atoms with Crippen LogP contribution in [0.1, 0.15) is 26.7 Å². The third-order valence-electron chi connectivity index (χ3n) is 3.40. The summed E-state index contributed by atoms with van der Waals surface area (Å²) in [5.74, 6) is 0.323. The first-order chi connectivity index (χ1) is 12.0. The number of aliphatic imine (C=N–C) groups is 1. The summed E-state index contributed by atoms with van der Waals surface area (Å²) in [6.07, 6.45) is 13.4. The Morgan fingerprint density at radius 1 is 1.36 bits per heavy atom. The standard InChI is InChI=1S/C19H18N2O2.V.W/c1-5-8-9-11-17-15(12-13(4)20-17)18-21-16(7-3)14(10-6-2)19(22)23-18;;/h1,5,7-12,17H,2-4H3;;. The van der Waals surface area contributed by atoms with Gasteiger partial charge in [0.05, 0.1) is 0 Å². The minimum absolute atomic E-state index is 0.194. The molecule has 0 aromatic carbocycles. The average molecular weight is 541 g/mol. The summed E-state index contributed by atoms with van der Waals surface area (Å²) in [5, 5.41) is 1.09. The molecule has 1 atom stereocenters. The van der Waals surface area contributed by atoms with Crippen molar-refractivity contribution in [2.24, 2.45) is 4.99 Å². The van der Waals surface area contributed by atoms with Gasteiger partial charge in [-0.2, -0.15) is 0 Å². The number of allylic oxidation sites excluding steroid dienone is 4. The van der Waals surface area contributed by atoms with Crippen LogP contribution in [0.15, 0.2) is 44.6 Å². The number of hydrogen-bond acceptors (Lipinski definition) is 4. The van der Waals surface area contributed by atoms with E-state index in [1.165, 1.54) is 19.4 Å². The van der Waals surface area contributed by atoms with Crippen LogP contribution < -0.4 is 16.2 Å². The zero-order valence-electron chi connectivity index (χ0n) is 14.3. The Kier molecular flexibility index (Phi) is 7.37. The molecule has 2 rings (SSSR count). The van der Waals surface area contributed by atoms with Crippen molar-refractivity contribution in [2.45, 2.75) is 26.8 Å². The van der Waals surface area contributed by atoms with E-state index >= 15 is 0 Å². The van der Waals surface area contributed by atoms with Crippen LogP contribution in [0.2, 0.25) is 0 Å². The summed E-state index contributed by atoms with van der Waals surface area (Å²) in [4.78, 5) is 21.5. The Morgan fingerprint density at radius 2 is 2.12 bits per heavy atom. The molecular formula is C19H18N2O2VW. The second-order valence-corrected chi connectivity index (χ2v) is 7.48. The molecule has 2 heterocycles. The van der Waals surface area contributed by atoms with E-state index in [1.54, 1.807) is 6.08 Å². The molecule has 25 heavy (non-hydrogen) atoms. The molecule has 0 radical (unpaired) electrons. The third kappa shape index (κ3) is 5.25. The monoisotopic (exact) mass is 541 g/mol. The van der Waals surface area contributed by atoms with Crippen molar-refractivity contribution in [3.63, 3.8) is 0 Å². The summed E-state index contributed by atoms with van der Waals surface area (Å²) in [5.41, 5.74) is 1.30. The molecule has 1 aliphatic heterocycles. The van der Waals surface area contributed by atoms with Crippen molar-refractivity contribution in [2.75, 3.05) is 0 Å². The fourth-order valence-corrected chi connectivity index (χ4v) is 2.90. The van der Waals surface area contributed by atoms with Gasteiger partial charge in [0.25, 0.3) is 0 Å². The van der Waals surface area contributed by atoms with Crippen LogP contribution >= 0.6 is 0 Å². The van der Waals surface area contributed by atoms with E-state index in [0.717, 1.165) is 15.5 Å². The molecule has 0 spiro atoms. The van der Waals surface area contributed by atoms with Crippen molar-refractivity contribution in [1.29, 1.82) is 0 Å². The Morgan fingerprint density at radius 3 is 2.76 bits per heavy atom. The summed E-state index contributed by atoms with van der Waals surface area (Å²) >= 11 is 3.81. The molecule has 0 aliphatic carbocycles. The average Bonchev–Trinajstić information content (AvgIpc) is 2.93. The van der Waals surface area contributed by atoms with Gasteiger partial charge < -0.3 is 0 Å². The molecule has 0 fully saturated rings. The van der Waals surface area contributed by atoms with Crippen LogP contribution in [-0.2, 0) is 36.3 Å². The summed E-state index contributed by atoms with van der Waals surface area (Å²) in [6, 6.07) is -0.194. The van der Waals surface area contributed by atoms with Gasteiger partial charge in [-0.3, -0.25) is 0 Å². The quantitative estimate of drug-likeness (QED) is 0.525. The number of aromatic nitrogens is 1. The second-order valence-electron chi connectivity index (χ2n) is 5.40. The molecule has 0 bridgehead atoms. The molecule has 0 saturated heterocycles. The van der Waals surface area contributed by atoms with Crippen molar-refractivity contribution in [3.05, 3.63) is 57.3 Å². The van der Waals surface area contributed by atoms with E-state index in [1.807, 2.05) is 61.6 Å². The summed E-state index contributed by atoms with van der Waals surface area (Å²) in [6.45, 7) is 5.69. The van der Waals surface area contributed by atoms with Gasteiger partial charge in [-0.05, 0) is 0 Å². The van der Waals surface area contributed by atoms with Gasteiger partial charge in [0.1, 0.15) is 0 Å². The van der Waals surface area contributed by atoms with Crippen LogP contribution in [0, 0.1) is 0 Å². The predicted molar refractivity (Wildman–Crippen MR) is 96.5 cm³/mol. The van der Waals surface area contributed by atoms with Crippen molar-refractivity contribution in [1.82, 2.24) is 4.98 Å². The van der Waals surface area contributed by atoms with Gasteiger partial charge in [0, 0.05) is 0 Å². The SMILES string of the molecule is CC=c1nc(C2=CC(C)=NC2C=CC=C[CH]=[W])oc(=O)c1=C[C](C)=[V]. The van der Waals surface area contributed by atoms with Crippen LogP contribution in [0.5, 0.6) is 0 Å². The van der Waals surface area contributed by atoms with Gasteiger partial charge in [-0.1, -0.05) is 0 Å². The summed E-state index contributed by atoms with van der Waals surface area (Å²) < 4.78 is 8.50. The Balaban J connectivity index is 2.53. The van der Waals surface area contributed by atoms with Gasteiger partial charge in [0.15, 0.2) is 0 Å². The topological polar surface area (TPSA) is 55.5 Å². The van der Waals surface area contributed by atoms with Gasteiger partial charge >= 0.3 is 167 Å². The third-order valence-corrected chi connectivity index (χ3v) is 4.17. The maximum atomic E-state index is 12.4. The van der Waals surface area contributed by atoms with Gasteiger partial charge in [-0.15, -0.1) is 0 Å². The Hall–Kier alpha value is -1.48. The Bertz CT molecular complexity index is 997. The first-order valence-corrected chi connectivity index (χ1v) is 10.1. The first-order valence-electron chi connectivity index (χ1n) is 7.73.